The van der Waals surface area contributed by atoms with Gasteiger partial charge in [-0.1, -0.05) is 6.92 Å². The van der Waals surface area contributed by atoms with Gasteiger partial charge in [0.05, 0.1) is 6.54 Å². The molecule has 1 unspecified atom stereocenters. The first-order chi connectivity index (χ1) is 6.74. The van der Waals surface area contributed by atoms with Gasteiger partial charge in [0.15, 0.2) is 0 Å². The van der Waals surface area contributed by atoms with Crippen molar-refractivity contribution in [2.75, 3.05) is 25.4 Å². The number of nitrogens with zero attached hydrogens (tertiary/aromatic N) is 3. The number of aromatic nitrogens is 2. The first-order valence-electron chi connectivity index (χ1n) is 5.25. The summed E-state index contributed by atoms with van der Waals surface area (Å²) in [4.78, 5) is 2.49. The third-order valence-electron chi connectivity index (χ3n) is 2.81. The predicted molar refractivity (Wildman–Crippen MR) is 56.9 cm³/mol. The van der Waals surface area contributed by atoms with Crippen molar-refractivity contribution >= 4 is 5.82 Å². The molecule has 1 aliphatic rings. The fourth-order valence-corrected chi connectivity index (χ4v) is 1.98. The lowest BCUT2D eigenvalue weighted by Gasteiger charge is -2.14. The Hall–Kier alpha value is -1.03. The van der Waals surface area contributed by atoms with Crippen LogP contribution >= 0.6 is 0 Å². The molecule has 0 bridgehead atoms. The van der Waals surface area contributed by atoms with E-state index in [1.165, 1.54) is 19.5 Å². The summed E-state index contributed by atoms with van der Waals surface area (Å²) in [6.07, 6.45) is 3.27. The zero-order chi connectivity index (χ0) is 9.97. The van der Waals surface area contributed by atoms with Gasteiger partial charge in [-0.25, -0.2) is 0 Å². The molecule has 0 radical (unpaired) electrons. The van der Waals surface area contributed by atoms with Gasteiger partial charge in [0, 0.05) is 19.3 Å². The van der Waals surface area contributed by atoms with Crippen LogP contribution < -0.4 is 5.73 Å². The first-order valence-corrected chi connectivity index (χ1v) is 5.25. The van der Waals surface area contributed by atoms with Crippen LogP contribution in [0.1, 0.15) is 13.3 Å². The predicted octanol–water partition coefficient (Wildman–Crippen LogP) is 0.807. The highest BCUT2D eigenvalue weighted by Gasteiger charge is 2.17. The highest BCUT2D eigenvalue weighted by Crippen LogP contribution is 2.14. The monoisotopic (exact) mass is 194 g/mol. The van der Waals surface area contributed by atoms with Crippen LogP contribution in [0.5, 0.6) is 0 Å². The van der Waals surface area contributed by atoms with Crippen molar-refractivity contribution in [3.05, 3.63) is 12.3 Å². The minimum absolute atomic E-state index is 0.611. The second-order valence-corrected chi connectivity index (χ2v) is 4.20. The van der Waals surface area contributed by atoms with E-state index in [-0.39, 0.29) is 0 Å². The van der Waals surface area contributed by atoms with Crippen molar-refractivity contribution in [2.24, 2.45) is 5.92 Å². The summed E-state index contributed by atoms with van der Waals surface area (Å²) in [5.74, 6) is 1.47. The lowest BCUT2D eigenvalue weighted by molar-refractivity contribution is 0.307. The Morgan fingerprint density at radius 1 is 1.57 bits per heavy atom. The van der Waals surface area contributed by atoms with Crippen molar-refractivity contribution in [1.82, 2.24) is 14.7 Å². The van der Waals surface area contributed by atoms with Crippen LogP contribution in [0, 0.1) is 5.92 Å². The van der Waals surface area contributed by atoms with Crippen LogP contribution in [0.3, 0.4) is 0 Å². The minimum Gasteiger partial charge on any atom is -0.382 e. The number of hydrogen-bond donors (Lipinski definition) is 1. The molecule has 1 saturated heterocycles. The van der Waals surface area contributed by atoms with Crippen molar-refractivity contribution in [1.29, 1.82) is 0 Å². The fourth-order valence-electron chi connectivity index (χ4n) is 1.98. The van der Waals surface area contributed by atoms with Gasteiger partial charge in [-0.15, -0.1) is 0 Å². The van der Waals surface area contributed by atoms with Crippen LogP contribution in [0.4, 0.5) is 5.82 Å². The summed E-state index contributed by atoms with van der Waals surface area (Å²) in [6.45, 7) is 6.82. The number of anilines is 1. The second kappa shape index (κ2) is 4.00. The van der Waals surface area contributed by atoms with Crippen molar-refractivity contribution in [2.45, 2.75) is 19.9 Å². The molecule has 1 aromatic heterocycles. The molecule has 1 fully saturated rings. The van der Waals surface area contributed by atoms with E-state index in [4.69, 9.17) is 5.73 Å². The smallest absolute Gasteiger partial charge is 0.145 e. The van der Waals surface area contributed by atoms with Gasteiger partial charge in [-0.3, -0.25) is 4.68 Å². The number of nitrogen functional groups attached to an aromatic ring is 1. The van der Waals surface area contributed by atoms with Gasteiger partial charge < -0.3 is 10.6 Å². The molecule has 4 nitrogen and oxygen atoms in total. The van der Waals surface area contributed by atoms with Crippen LogP contribution in [-0.2, 0) is 6.54 Å². The SMILES string of the molecule is CC1CCN(CCn2ccc(N)n2)C1. The van der Waals surface area contributed by atoms with Crippen molar-refractivity contribution in [3.63, 3.8) is 0 Å². The maximum atomic E-state index is 5.54. The number of rotatable bonds is 3. The van der Waals surface area contributed by atoms with Gasteiger partial charge in [0.25, 0.3) is 0 Å². The summed E-state index contributed by atoms with van der Waals surface area (Å²) < 4.78 is 1.92. The van der Waals surface area contributed by atoms with E-state index in [1.54, 1.807) is 0 Å². The maximum Gasteiger partial charge on any atom is 0.145 e. The molecule has 1 aromatic rings. The lowest BCUT2D eigenvalue weighted by atomic mass is 10.2. The normalized spacial score (nSPS) is 23.1. The lowest BCUT2D eigenvalue weighted by Crippen LogP contribution is -2.25. The van der Waals surface area contributed by atoms with E-state index < -0.39 is 0 Å². The van der Waals surface area contributed by atoms with Gasteiger partial charge in [0.2, 0.25) is 0 Å². The van der Waals surface area contributed by atoms with Gasteiger partial charge in [-0.2, -0.15) is 5.10 Å². The molecule has 78 valence electrons. The summed E-state index contributed by atoms with van der Waals surface area (Å²) in [7, 11) is 0. The fraction of sp³-hybridized carbons (Fsp3) is 0.700. The molecule has 1 aliphatic heterocycles. The Kier molecular flexibility index (Phi) is 2.72. The van der Waals surface area contributed by atoms with Crippen LogP contribution in [0.15, 0.2) is 12.3 Å². The Morgan fingerprint density at radius 3 is 3.00 bits per heavy atom. The average molecular weight is 194 g/mol. The third-order valence-corrected chi connectivity index (χ3v) is 2.81. The first kappa shape index (κ1) is 9.52. The Bertz CT molecular complexity index is 294. The Morgan fingerprint density at radius 2 is 2.43 bits per heavy atom. The summed E-state index contributed by atoms with van der Waals surface area (Å²) in [6, 6.07) is 1.84. The summed E-state index contributed by atoms with van der Waals surface area (Å²) in [5.41, 5.74) is 5.54. The van der Waals surface area contributed by atoms with E-state index in [9.17, 15) is 0 Å². The van der Waals surface area contributed by atoms with E-state index >= 15 is 0 Å². The summed E-state index contributed by atoms with van der Waals surface area (Å²) in [5, 5.41) is 4.16. The van der Waals surface area contributed by atoms with Gasteiger partial charge in [-0.05, 0) is 24.9 Å². The van der Waals surface area contributed by atoms with Gasteiger partial charge in [0.1, 0.15) is 5.82 Å². The summed E-state index contributed by atoms with van der Waals surface area (Å²) >= 11 is 0. The molecule has 0 spiro atoms. The topological polar surface area (TPSA) is 47.1 Å². The highest BCUT2D eigenvalue weighted by molar-refractivity contribution is 5.23. The third kappa shape index (κ3) is 2.26. The quantitative estimate of drug-likeness (QED) is 0.774. The number of nitrogens with two attached hydrogens (primary N) is 1. The van der Waals surface area contributed by atoms with Crippen molar-refractivity contribution in [3.8, 4) is 0 Å². The molecule has 4 heteroatoms. The average Bonchev–Trinajstić information content (AvgIpc) is 2.72. The van der Waals surface area contributed by atoms with Crippen molar-refractivity contribution < 1.29 is 0 Å². The zero-order valence-corrected chi connectivity index (χ0v) is 8.69. The Labute approximate surface area is 84.7 Å². The van der Waals surface area contributed by atoms with Crippen LogP contribution in [0.25, 0.3) is 0 Å². The molecule has 0 aromatic carbocycles. The molecule has 2 rings (SSSR count). The van der Waals surface area contributed by atoms with E-state index in [1.807, 2.05) is 16.9 Å². The zero-order valence-electron chi connectivity index (χ0n) is 8.69. The maximum absolute atomic E-state index is 5.54. The standard InChI is InChI=1S/C10H18N4/c1-9-2-4-13(8-9)6-7-14-5-3-10(11)12-14/h3,5,9H,2,4,6-8H2,1H3,(H2,11,12). The minimum atomic E-state index is 0.611. The molecular weight excluding hydrogens is 176 g/mol. The molecule has 0 amide bonds. The number of likely N-dealkylation sites (tertiary alicyclic amines) is 1. The van der Waals surface area contributed by atoms with Crippen LogP contribution in [0.2, 0.25) is 0 Å². The molecule has 14 heavy (non-hydrogen) atoms. The number of hydrogen-bond acceptors (Lipinski definition) is 3. The van der Waals surface area contributed by atoms with Gasteiger partial charge >= 0.3 is 0 Å². The molecular formula is C10H18N4. The Balaban J connectivity index is 1.77. The van der Waals surface area contributed by atoms with Crippen LogP contribution in [-0.4, -0.2) is 34.3 Å². The molecule has 1 atom stereocenters. The second-order valence-electron chi connectivity index (χ2n) is 4.20. The molecule has 0 aliphatic carbocycles. The molecule has 2 N–H and O–H groups in total. The van der Waals surface area contributed by atoms with E-state index in [0.717, 1.165) is 19.0 Å². The largest absolute Gasteiger partial charge is 0.382 e. The van der Waals surface area contributed by atoms with E-state index in [0.29, 0.717) is 5.82 Å². The highest BCUT2D eigenvalue weighted by atomic mass is 15.3. The van der Waals surface area contributed by atoms with E-state index in [2.05, 4.69) is 16.9 Å². The molecule has 0 saturated carbocycles. The molecule has 2 heterocycles.